The molecule has 0 bridgehead atoms. The number of urea groups is 1. The number of amides is 3. The van der Waals surface area contributed by atoms with Crippen LogP contribution in [0.2, 0.25) is 0 Å². The van der Waals surface area contributed by atoms with Crippen molar-refractivity contribution in [2.45, 2.75) is 31.3 Å². The molecular weight excluding hydrogens is 170 g/mol. The molecule has 2 fully saturated rings. The Balaban J connectivity index is 2.07. The highest BCUT2D eigenvalue weighted by Crippen LogP contribution is 2.24. The molecule has 5 heteroatoms. The second-order valence-electron chi connectivity index (χ2n) is 3.65. The molecule has 2 atom stereocenters. The summed E-state index contributed by atoms with van der Waals surface area (Å²) in [7, 11) is 0. The minimum absolute atomic E-state index is 0.0324. The third kappa shape index (κ3) is 1.39. The number of imide groups is 1. The molecule has 0 radical (unpaired) electrons. The van der Waals surface area contributed by atoms with Crippen LogP contribution < -0.4 is 11.1 Å². The number of hydrogen-bond acceptors (Lipinski definition) is 3. The first-order valence-corrected chi connectivity index (χ1v) is 4.54. The molecule has 1 heterocycles. The summed E-state index contributed by atoms with van der Waals surface area (Å²) in [6, 6.07) is -0.0831. The fourth-order valence-electron chi connectivity index (χ4n) is 2.03. The topological polar surface area (TPSA) is 75.4 Å². The Bertz CT molecular complexity index is 238. The van der Waals surface area contributed by atoms with Crippen molar-refractivity contribution < 1.29 is 9.59 Å². The molecule has 13 heavy (non-hydrogen) atoms. The van der Waals surface area contributed by atoms with E-state index < -0.39 is 0 Å². The molecule has 1 saturated carbocycles. The molecule has 0 spiro atoms. The molecule has 3 amide bonds. The number of carbonyl (C=O) groups is 2. The van der Waals surface area contributed by atoms with Gasteiger partial charge in [0, 0.05) is 12.1 Å². The minimum atomic E-state index is -0.260. The van der Waals surface area contributed by atoms with Gasteiger partial charge in [-0.25, -0.2) is 4.79 Å². The zero-order valence-electron chi connectivity index (χ0n) is 7.32. The summed E-state index contributed by atoms with van der Waals surface area (Å²) in [5, 5.41) is 2.51. The van der Waals surface area contributed by atoms with Crippen molar-refractivity contribution >= 4 is 11.9 Å². The highest BCUT2D eigenvalue weighted by Gasteiger charge is 2.37. The van der Waals surface area contributed by atoms with E-state index in [4.69, 9.17) is 5.73 Å². The number of hydrogen-bond donors (Lipinski definition) is 2. The van der Waals surface area contributed by atoms with Crippen molar-refractivity contribution in [3.05, 3.63) is 0 Å². The standard InChI is InChI=1S/C8H13N3O2/c9-5-1-2-6(3-5)11-7(12)4-10-8(11)13/h5-6H,1-4,9H2,(H,10,13). The van der Waals surface area contributed by atoms with E-state index in [9.17, 15) is 9.59 Å². The smallest absolute Gasteiger partial charge is 0.324 e. The average Bonchev–Trinajstić information content (AvgIpc) is 2.60. The van der Waals surface area contributed by atoms with Gasteiger partial charge in [-0.2, -0.15) is 0 Å². The molecule has 3 N–H and O–H groups in total. The van der Waals surface area contributed by atoms with Crippen molar-refractivity contribution in [1.82, 2.24) is 10.2 Å². The summed E-state index contributed by atoms with van der Waals surface area (Å²) in [5.41, 5.74) is 5.71. The second kappa shape index (κ2) is 2.99. The molecule has 0 aromatic heterocycles. The highest BCUT2D eigenvalue weighted by molar-refractivity contribution is 6.02. The van der Waals surface area contributed by atoms with Crippen LogP contribution in [0.3, 0.4) is 0 Å². The zero-order chi connectivity index (χ0) is 9.42. The van der Waals surface area contributed by atoms with Crippen molar-refractivity contribution in [1.29, 1.82) is 0 Å². The highest BCUT2D eigenvalue weighted by atomic mass is 16.2. The molecule has 1 saturated heterocycles. The average molecular weight is 183 g/mol. The zero-order valence-corrected chi connectivity index (χ0v) is 7.32. The Morgan fingerprint density at radius 3 is 2.62 bits per heavy atom. The molecule has 72 valence electrons. The molecule has 1 aliphatic carbocycles. The van der Waals surface area contributed by atoms with Crippen LogP contribution in [0.5, 0.6) is 0 Å². The van der Waals surface area contributed by atoms with Gasteiger partial charge >= 0.3 is 6.03 Å². The summed E-state index contributed by atoms with van der Waals surface area (Å²) in [5.74, 6) is -0.121. The number of nitrogens with two attached hydrogens (primary N) is 1. The van der Waals surface area contributed by atoms with Crippen LogP contribution in [-0.2, 0) is 4.79 Å². The van der Waals surface area contributed by atoms with Crippen molar-refractivity contribution in [2.24, 2.45) is 5.73 Å². The first-order valence-electron chi connectivity index (χ1n) is 4.54. The predicted molar refractivity (Wildman–Crippen MR) is 45.9 cm³/mol. The second-order valence-corrected chi connectivity index (χ2v) is 3.65. The first kappa shape index (κ1) is 8.50. The van der Waals surface area contributed by atoms with E-state index in [1.165, 1.54) is 4.90 Å². The van der Waals surface area contributed by atoms with E-state index in [1.54, 1.807) is 0 Å². The Labute approximate surface area is 76.3 Å². The fourth-order valence-corrected chi connectivity index (χ4v) is 2.03. The van der Waals surface area contributed by atoms with E-state index in [1.807, 2.05) is 0 Å². The maximum Gasteiger partial charge on any atom is 0.324 e. The Morgan fingerprint density at radius 1 is 1.38 bits per heavy atom. The van der Waals surface area contributed by atoms with Crippen molar-refractivity contribution in [2.75, 3.05) is 6.54 Å². The van der Waals surface area contributed by atoms with Crippen LogP contribution in [-0.4, -0.2) is 35.5 Å². The molecule has 2 aliphatic rings. The van der Waals surface area contributed by atoms with E-state index >= 15 is 0 Å². The van der Waals surface area contributed by atoms with Crippen LogP contribution >= 0.6 is 0 Å². The lowest BCUT2D eigenvalue weighted by Crippen LogP contribution is -2.39. The predicted octanol–water partition coefficient (Wildman–Crippen LogP) is -0.582. The summed E-state index contributed by atoms with van der Waals surface area (Å²) in [6.07, 6.45) is 2.50. The number of nitrogens with zero attached hydrogens (tertiary/aromatic N) is 1. The van der Waals surface area contributed by atoms with Crippen LogP contribution in [0, 0.1) is 0 Å². The summed E-state index contributed by atoms with van der Waals surface area (Å²) < 4.78 is 0. The van der Waals surface area contributed by atoms with Crippen LogP contribution in [0.1, 0.15) is 19.3 Å². The van der Waals surface area contributed by atoms with Crippen molar-refractivity contribution in [3.63, 3.8) is 0 Å². The van der Waals surface area contributed by atoms with Gasteiger partial charge in [-0.05, 0) is 19.3 Å². The lowest BCUT2D eigenvalue weighted by atomic mass is 10.2. The third-order valence-electron chi connectivity index (χ3n) is 2.69. The van der Waals surface area contributed by atoms with Gasteiger partial charge in [0.05, 0.1) is 6.54 Å². The van der Waals surface area contributed by atoms with E-state index in [2.05, 4.69) is 5.32 Å². The summed E-state index contributed by atoms with van der Waals surface area (Å²) in [4.78, 5) is 23.8. The van der Waals surface area contributed by atoms with Crippen molar-refractivity contribution in [3.8, 4) is 0 Å². The minimum Gasteiger partial charge on any atom is -0.329 e. The van der Waals surface area contributed by atoms with Gasteiger partial charge in [-0.15, -0.1) is 0 Å². The Morgan fingerprint density at radius 2 is 2.15 bits per heavy atom. The normalized spacial score (nSPS) is 34.1. The number of nitrogens with one attached hydrogen (secondary N) is 1. The lowest BCUT2D eigenvalue weighted by Gasteiger charge is -2.19. The monoisotopic (exact) mass is 183 g/mol. The summed E-state index contributed by atoms with van der Waals surface area (Å²) >= 11 is 0. The molecule has 2 unspecified atom stereocenters. The first-order chi connectivity index (χ1) is 6.18. The maximum atomic E-state index is 11.3. The van der Waals surface area contributed by atoms with Gasteiger partial charge in [-0.1, -0.05) is 0 Å². The van der Waals surface area contributed by atoms with Crippen LogP contribution in [0.4, 0.5) is 4.79 Å². The van der Waals surface area contributed by atoms with Gasteiger partial charge in [0.15, 0.2) is 0 Å². The van der Waals surface area contributed by atoms with Crippen LogP contribution in [0.15, 0.2) is 0 Å². The molecular formula is C8H13N3O2. The number of carbonyl (C=O) groups excluding carboxylic acids is 2. The van der Waals surface area contributed by atoms with Gasteiger partial charge in [-0.3, -0.25) is 9.69 Å². The van der Waals surface area contributed by atoms with Gasteiger partial charge < -0.3 is 11.1 Å². The molecule has 0 aromatic carbocycles. The van der Waals surface area contributed by atoms with Gasteiger partial charge in [0.2, 0.25) is 5.91 Å². The maximum absolute atomic E-state index is 11.3. The molecule has 0 aromatic rings. The Hall–Kier alpha value is -1.10. The van der Waals surface area contributed by atoms with Gasteiger partial charge in [0.1, 0.15) is 0 Å². The van der Waals surface area contributed by atoms with Gasteiger partial charge in [0.25, 0.3) is 0 Å². The molecule has 1 aliphatic heterocycles. The van der Waals surface area contributed by atoms with E-state index in [0.717, 1.165) is 19.3 Å². The van der Waals surface area contributed by atoms with E-state index in [0.29, 0.717) is 0 Å². The lowest BCUT2D eigenvalue weighted by molar-refractivity contribution is -0.126. The molecule has 2 rings (SSSR count). The quantitative estimate of drug-likeness (QED) is 0.534. The fraction of sp³-hybridized carbons (Fsp3) is 0.750. The van der Waals surface area contributed by atoms with Crippen LogP contribution in [0.25, 0.3) is 0 Å². The SMILES string of the molecule is NC1CCC(N2C(=O)CNC2=O)C1. The largest absolute Gasteiger partial charge is 0.329 e. The van der Waals surface area contributed by atoms with E-state index in [-0.39, 0.29) is 30.6 Å². The third-order valence-corrected chi connectivity index (χ3v) is 2.69. The molecule has 5 nitrogen and oxygen atoms in total. The Kier molecular flexibility index (Phi) is 1.95. The summed E-state index contributed by atoms with van der Waals surface area (Å²) in [6.45, 7) is 0.143. The number of rotatable bonds is 1.